The van der Waals surface area contributed by atoms with Gasteiger partial charge in [0.05, 0.1) is 5.56 Å². The van der Waals surface area contributed by atoms with Crippen LogP contribution in [-0.2, 0) is 9.59 Å². The Morgan fingerprint density at radius 1 is 1.13 bits per heavy atom. The molecule has 166 valence electrons. The minimum absolute atomic E-state index is 0.00598. The number of nitrogens with one attached hydrogen (secondary N) is 2. The first-order valence-corrected chi connectivity index (χ1v) is 11.0. The van der Waals surface area contributed by atoms with Gasteiger partial charge in [-0.25, -0.2) is 0 Å². The van der Waals surface area contributed by atoms with Crippen LogP contribution in [0.4, 0.5) is 5.69 Å². The predicted octanol–water partition coefficient (Wildman–Crippen LogP) is 1.27. The highest BCUT2D eigenvalue weighted by Crippen LogP contribution is 2.32. The fraction of sp³-hybridized carbons (Fsp3) is 0.522. The predicted molar refractivity (Wildman–Crippen MR) is 119 cm³/mol. The van der Waals surface area contributed by atoms with Crippen molar-refractivity contribution in [3.8, 4) is 0 Å². The molecule has 2 fully saturated rings. The van der Waals surface area contributed by atoms with Gasteiger partial charge in [0, 0.05) is 57.8 Å². The van der Waals surface area contributed by atoms with Crippen molar-refractivity contribution < 1.29 is 14.4 Å². The van der Waals surface area contributed by atoms with E-state index in [9.17, 15) is 14.4 Å². The Morgan fingerprint density at radius 2 is 1.87 bits per heavy atom. The van der Waals surface area contributed by atoms with Crippen LogP contribution >= 0.6 is 0 Å². The lowest BCUT2D eigenvalue weighted by atomic mass is 9.95. The average molecular weight is 426 g/mol. The van der Waals surface area contributed by atoms with Gasteiger partial charge in [-0.2, -0.15) is 0 Å². The lowest BCUT2D eigenvalue weighted by molar-refractivity contribution is -0.145. The van der Waals surface area contributed by atoms with Gasteiger partial charge < -0.3 is 20.4 Å². The summed E-state index contributed by atoms with van der Waals surface area (Å²) in [6.45, 7) is 9.79. The van der Waals surface area contributed by atoms with Crippen LogP contribution in [0.2, 0.25) is 0 Å². The van der Waals surface area contributed by atoms with Gasteiger partial charge in [-0.3, -0.25) is 19.3 Å². The molecule has 0 radical (unpaired) electrons. The summed E-state index contributed by atoms with van der Waals surface area (Å²) in [5, 5.41) is 6.53. The molecule has 31 heavy (non-hydrogen) atoms. The lowest BCUT2D eigenvalue weighted by Gasteiger charge is -2.40. The zero-order chi connectivity index (χ0) is 22.0. The number of benzene rings is 1. The molecule has 0 saturated carbocycles. The van der Waals surface area contributed by atoms with Gasteiger partial charge in [0.15, 0.2) is 0 Å². The van der Waals surface area contributed by atoms with Gasteiger partial charge in [0.25, 0.3) is 5.91 Å². The zero-order valence-corrected chi connectivity index (χ0v) is 18.1. The van der Waals surface area contributed by atoms with E-state index in [2.05, 4.69) is 22.1 Å². The van der Waals surface area contributed by atoms with E-state index >= 15 is 0 Å². The van der Waals surface area contributed by atoms with Crippen molar-refractivity contribution in [2.75, 3.05) is 44.6 Å². The molecule has 1 spiro atoms. The molecule has 2 unspecified atom stereocenters. The largest absolute Gasteiger partial charge is 0.362 e. The number of hydrogen-bond acceptors (Lipinski definition) is 5. The van der Waals surface area contributed by atoms with Crippen LogP contribution in [0, 0.1) is 0 Å². The molecular formula is C23H31N5O3. The number of carbonyl (C=O) groups excluding carboxylic acids is 3. The second kappa shape index (κ2) is 8.70. The normalized spacial score (nSPS) is 25.3. The second-order valence-corrected chi connectivity index (χ2v) is 8.63. The Morgan fingerprint density at radius 3 is 2.61 bits per heavy atom. The number of nitrogens with zero attached hydrogens (tertiary/aromatic N) is 3. The molecule has 3 aliphatic rings. The van der Waals surface area contributed by atoms with Crippen molar-refractivity contribution in [1.29, 1.82) is 0 Å². The highest BCUT2D eigenvalue weighted by Gasteiger charge is 2.42. The maximum absolute atomic E-state index is 13.1. The van der Waals surface area contributed by atoms with Gasteiger partial charge >= 0.3 is 0 Å². The molecule has 2 atom stereocenters. The van der Waals surface area contributed by atoms with Gasteiger partial charge in [-0.1, -0.05) is 18.2 Å². The third-order valence-electron chi connectivity index (χ3n) is 6.66. The zero-order valence-electron chi connectivity index (χ0n) is 18.1. The number of amides is 3. The van der Waals surface area contributed by atoms with Crippen LogP contribution in [-0.4, -0.2) is 83.4 Å². The minimum Gasteiger partial charge on any atom is -0.362 e. The Hall–Kier alpha value is -2.87. The van der Waals surface area contributed by atoms with Gasteiger partial charge in [-0.05, 0) is 25.5 Å². The molecule has 3 heterocycles. The summed E-state index contributed by atoms with van der Waals surface area (Å²) in [6.07, 6.45) is 3.19. The first-order chi connectivity index (χ1) is 14.9. The van der Waals surface area contributed by atoms with Crippen molar-refractivity contribution in [3.63, 3.8) is 0 Å². The third kappa shape index (κ3) is 4.30. The first kappa shape index (κ1) is 21.4. The topological polar surface area (TPSA) is 85.0 Å². The maximum Gasteiger partial charge on any atom is 0.255 e. The Kier molecular flexibility index (Phi) is 6.00. The number of anilines is 1. The van der Waals surface area contributed by atoms with Crippen molar-refractivity contribution in [2.24, 2.45) is 0 Å². The van der Waals surface area contributed by atoms with Crippen LogP contribution in [0.1, 0.15) is 36.5 Å². The van der Waals surface area contributed by atoms with Gasteiger partial charge in [-0.15, -0.1) is 6.58 Å². The molecule has 0 aromatic heterocycles. The van der Waals surface area contributed by atoms with Crippen molar-refractivity contribution in [3.05, 3.63) is 42.5 Å². The monoisotopic (exact) mass is 425 g/mol. The number of hydrogen-bond donors (Lipinski definition) is 2. The molecule has 1 aromatic rings. The van der Waals surface area contributed by atoms with Crippen LogP contribution in [0.5, 0.6) is 0 Å². The van der Waals surface area contributed by atoms with E-state index in [1.807, 2.05) is 36.1 Å². The van der Waals surface area contributed by atoms with E-state index in [0.29, 0.717) is 38.0 Å². The molecule has 8 nitrogen and oxygen atoms in total. The quantitative estimate of drug-likeness (QED) is 0.710. The fourth-order valence-corrected chi connectivity index (χ4v) is 4.78. The number of piperazine rings is 1. The minimum atomic E-state index is -0.672. The second-order valence-electron chi connectivity index (χ2n) is 8.63. The van der Waals surface area contributed by atoms with Crippen LogP contribution in [0.3, 0.4) is 0 Å². The number of para-hydroxylation sites is 1. The van der Waals surface area contributed by atoms with E-state index in [0.717, 1.165) is 25.3 Å². The summed E-state index contributed by atoms with van der Waals surface area (Å²) in [4.78, 5) is 44.5. The summed E-state index contributed by atoms with van der Waals surface area (Å²) in [5.41, 5.74) is 0.725. The molecule has 2 saturated heterocycles. The van der Waals surface area contributed by atoms with Crippen molar-refractivity contribution in [1.82, 2.24) is 20.0 Å². The fourth-order valence-electron chi connectivity index (χ4n) is 4.78. The molecule has 2 N–H and O–H groups in total. The van der Waals surface area contributed by atoms with Crippen LogP contribution in [0.25, 0.3) is 0 Å². The molecule has 0 bridgehead atoms. The van der Waals surface area contributed by atoms with E-state index in [1.54, 1.807) is 11.0 Å². The molecule has 3 aliphatic heterocycles. The third-order valence-corrected chi connectivity index (χ3v) is 6.66. The van der Waals surface area contributed by atoms with E-state index < -0.39 is 11.7 Å². The molecular weight excluding hydrogens is 394 g/mol. The number of carbonyl (C=O) groups is 3. The van der Waals surface area contributed by atoms with Crippen LogP contribution < -0.4 is 10.6 Å². The van der Waals surface area contributed by atoms with E-state index in [1.165, 1.54) is 0 Å². The summed E-state index contributed by atoms with van der Waals surface area (Å²) in [7, 11) is 0. The summed E-state index contributed by atoms with van der Waals surface area (Å²) in [6, 6.07) is 6.88. The Bertz CT molecular complexity index is 880. The highest BCUT2D eigenvalue weighted by atomic mass is 16.2. The smallest absolute Gasteiger partial charge is 0.255 e. The van der Waals surface area contributed by atoms with E-state index in [4.69, 9.17) is 0 Å². The average Bonchev–Trinajstić information content (AvgIpc) is 2.92. The number of fused-ring (bicyclic) bond motifs is 1. The maximum atomic E-state index is 13.1. The molecule has 3 amide bonds. The summed E-state index contributed by atoms with van der Waals surface area (Å²) >= 11 is 0. The SMILES string of the molecule is C=CCN1CCN(C(=O)C(C)N2CCC3(CCC2=O)NC(=O)c2ccccc2N3)CC1. The van der Waals surface area contributed by atoms with Crippen molar-refractivity contribution >= 4 is 23.4 Å². The van der Waals surface area contributed by atoms with E-state index in [-0.39, 0.29) is 24.1 Å². The summed E-state index contributed by atoms with van der Waals surface area (Å²) < 4.78 is 0. The van der Waals surface area contributed by atoms with Crippen molar-refractivity contribution in [2.45, 2.75) is 37.9 Å². The van der Waals surface area contributed by atoms with Gasteiger partial charge in [0.1, 0.15) is 11.7 Å². The number of rotatable bonds is 4. The molecule has 8 heteroatoms. The Labute approximate surface area is 183 Å². The molecule has 1 aromatic carbocycles. The Balaban J connectivity index is 1.42. The molecule has 4 rings (SSSR count). The van der Waals surface area contributed by atoms with Gasteiger partial charge in [0.2, 0.25) is 11.8 Å². The first-order valence-electron chi connectivity index (χ1n) is 11.0. The molecule has 0 aliphatic carbocycles. The number of likely N-dealkylation sites (tertiary alicyclic amines) is 1. The highest BCUT2D eigenvalue weighted by molar-refractivity contribution is 6.02. The lowest BCUT2D eigenvalue weighted by Crippen LogP contribution is -2.58. The summed E-state index contributed by atoms with van der Waals surface area (Å²) in [5.74, 6) is -0.178. The van der Waals surface area contributed by atoms with Crippen LogP contribution in [0.15, 0.2) is 36.9 Å². The standard InChI is InChI=1S/C23H31N5O3/c1-3-11-26-13-15-27(16-14-26)22(31)17(2)28-12-10-23(9-8-20(28)29)24-19-7-5-4-6-18(19)21(30)25-23/h3-7,17,24H,1,8-16H2,2H3,(H,25,30).